The maximum absolute atomic E-state index is 13.1. The Labute approximate surface area is 216 Å². The fourth-order valence-electron chi connectivity index (χ4n) is 3.66. The van der Waals surface area contributed by atoms with E-state index in [9.17, 15) is 9.59 Å². The lowest BCUT2D eigenvalue weighted by Gasteiger charge is -2.11. The number of nitrogens with zero attached hydrogens (tertiary/aromatic N) is 1. The number of amides is 2. The van der Waals surface area contributed by atoms with E-state index in [4.69, 9.17) is 4.74 Å². The van der Waals surface area contributed by atoms with Crippen LogP contribution < -0.4 is 15.4 Å². The summed E-state index contributed by atoms with van der Waals surface area (Å²) in [6.07, 6.45) is 5.33. The standard InChI is InChI=1S/C30H30N4O3/c1-21(2)37-24-15-12-23(13-16-24)20-27(34-29(35)17-14-22-8-4-3-5-9-22)30(36)31-19-18-28-32-25-10-6-7-11-26(25)33-28/h3-17,20-21H,18-19H2,1-2H3,(H,31,36)(H,32,33)(H,34,35). The number of para-hydroxylation sites is 2. The monoisotopic (exact) mass is 494 g/mol. The minimum atomic E-state index is -0.401. The van der Waals surface area contributed by atoms with Crippen LogP contribution in [0.25, 0.3) is 23.2 Å². The summed E-state index contributed by atoms with van der Waals surface area (Å²) >= 11 is 0. The quantitative estimate of drug-likeness (QED) is 0.274. The van der Waals surface area contributed by atoms with Crippen molar-refractivity contribution in [3.05, 3.63) is 108 Å². The van der Waals surface area contributed by atoms with E-state index in [1.165, 1.54) is 6.08 Å². The van der Waals surface area contributed by atoms with E-state index < -0.39 is 5.91 Å². The van der Waals surface area contributed by atoms with Crippen molar-refractivity contribution in [1.29, 1.82) is 0 Å². The molecule has 2 amide bonds. The number of aromatic amines is 1. The van der Waals surface area contributed by atoms with Gasteiger partial charge in [0.25, 0.3) is 5.91 Å². The average Bonchev–Trinajstić information content (AvgIpc) is 3.31. The minimum Gasteiger partial charge on any atom is -0.491 e. The summed E-state index contributed by atoms with van der Waals surface area (Å²) in [7, 11) is 0. The van der Waals surface area contributed by atoms with E-state index in [0.29, 0.717) is 13.0 Å². The molecule has 0 radical (unpaired) electrons. The summed E-state index contributed by atoms with van der Waals surface area (Å²) in [5.74, 6) is 0.726. The first kappa shape index (κ1) is 25.4. The van der Waals surface area contributed by atoms with Gasteiger partial charge in [-0.05, 0) is 61.4 Å². The molecule has 0 aliphatic carbocycles. The van der Waals surface area contributed by atoms with Crippen molar-refractivity contribution in [3.8, 4) is 5.75 Å². The molecule has 0 unspecified atom stereocenters. The summed E-state index contributed by atoms with van der Waals surface area (Å²) in [6.45, 7) is 4.27. The Morgan fingerprint density at radius 1 is 0.946 bits per heavy atom. The van der Waals surface area contributed by atoms with Gasteiger partial charge in [-0.25, -0.2) is 4.98 Å². The third kappa shape index (κ3) is 7.67. The number of hydrogen-bond acceptors (Lipinski definition) is 4. The van der Waals surface area contributed by atoms with Gasteiger partial charge in [-0.15, -0.1) is 0 Å². The van der Waals surface area contributed by atoms with Crippen LogP contribution in [0.2, 0.25) is 0 Å². The maximum atomic E-state index is 13.1. The van der Waals surface area contributed by atoms with E-state index in [1.54, 1.807) is 12.2 Å². The summed E-state index contributed by atoms with van der Waals surface area (Å²) < 4.78 is 5.69. The Morgan fingerprint density at radius 2 is 1.68 bits per heavy atom. The van der Waals surface area contributed by atoms with Gasteiger partial charge < -0.3 is 20.4 Å². The number of carbonyl (C=O) groups is 2. The van der Waals surface area contributed by atoms with Crippen LogP contribution in [-0.2, 0) is 16.0 Å². The second-order valence-corrected chi connectivity index (χ2v) is 8.73. The highest BCUT2D eigenvalue weighted by Crippen LogP contribution is 2.16. The molecule has 4 rings (SSSR count). The largest absolute Gasteiger partial charge is 0.491 e. The molecule has 0 bridgehead atoms. The lowest BCUT2D eigenvalue weighted by molar-refractivity contribution is -0.121. The second-order valence-electron chi connectivity index (χ2n) is 8.73. The van der Waals surface area contributed by atoms with Crippen molar-refractivity contribution in [1.82, 2.24) is 20.6 Å². The molecule has 3 N–H and O–H groups in total. The predicted octanol–water partition coefficient (Wildman–Crippen LogP) is 4.88. The first-order valence-corrected chi connectivity index (χ1v) is 12.2. The number of imidazole rings is 1. The minimum absolute atomic E-state index is 0.0603. The molecule has 4 aromatic rings. The third-order valence-corrected chi connectivity index (χ3v) is 5.38. The van der Waals surface area contributed by atoms with Crippen molar-refractivity contribution in [3.63, 3.8) is 0 Å². The Bertz CT molecular complexity index is 1370. The predicted molar refractivity (Wildman–Crippen MR) is 147 cm³/mol. The first-order valence-electron chi connectivity index (χ1n) is 12.2. The van der Waals surface area contributed by atoms with Gasteiger partial charge in [-0.3, -0.25) is 9.59 Å². The number of carbonyl (C=O) groups excluding carboxylic acids is 2. The van der Waals surface area contributed by atoms with E-state index in [1.807, 2.05) is 92.7 Å². The van der Waals surface area contributed by atoms with Crippen LogP contribution in [0.1, 0.15) is 30.8 Å². The van der Waals surface area contributed by atoms with Crippen LogP contribution >= 0.6 is 0 Å². The van der Waals surface area contributed by atoms with Gasteiger partial charge in [0, 0.05) is 19.0 Å². The zero-order valence-corrected chi connectivity index (χ0v) is 20.9. The highest BCUT2D eigenvalue weighted by atomic mass is 16.5. The molecular weight excluding hydrogens is 464 g/mol. The van der Waals surface area contributed by atoms with Crippen LogP contribution in [0, 0.1) is 0 Å². The Kier molecular flexibility index (Phi) is 8.49. The molecule has 37 heavy (non-hydrogen) atoms. The van der Waals surface area contributed by atoms with Crippen molar-refractivity contribution >= 4 is 35.0 Å². The van der Waals surface area contributed by atoms with E-state index in [0.717, 1.165) is 33.7 Å². The third-order valence-electron chi connectivity index (χ3n) is 5.38. The van der Waals surface area contributed by atoms with Crippen LogP contribution in [-0.4, -0.2) is 34.4 Å². The van der Waals surface area contributed by atoms with Crippen molar-refractivity contribution in [2.75, 3.05) is 6.54 Å². The summed E-state index contributed by atoms with van der Waals surface area (Å²) in [4.78, 5) is 33.5. The Hall–Kier alpha value is -4.65. The molecule has 7 nitrogen and oxygen atoms in total. The van der Waals surface area contributed by atoms with Crippen LogP contribution in [0.5, 0.6) is 5.75 Å². The van der Waals surface area contributed by atoms with Gasteiger partial charge in [0.1, 0.15) is 17.3 Å². The zero-order valence-electron chi connectivity index (χ0n) is 20.9. The topological polar surface area (TPSA) is 96.1 Å². The molecule has 0 spiro atoms. The Balaban J connectivity index is 1.45. The SMILES string of the molecule is CC(C)Oc1ccc(C=C(NC(=O)C=Cc2ccccc2)C(=O)NCCc2nc3ccccc3[nH]2)cc1. The second kappa shape index (κ2) is 12.4. The molecule has 1 aromatic heterocycles. The number of H-pyrrole nitrogens is 1. The van der Waals surface area contributed by atoms with Gasteiger partial charge >= 0.3 is 0 Å². The fourth-order valence-corrected chi connectivity index (χ4v) is 3.66. The molecule has 0 fully saturated rings. The smallest absolute Gasteiger partial charge is 0.267 e. The molecule has 0 aliphatic rings. The number of nitrogens with one attached hydrogen (secondary N) is 3. The van der Waals surface area contributed by atoms with E-state index >= 15 is 0 Å². The highest BCUT2D eigenvalue weighted by Gasteiger charge is 2.13. The van der Waals surface area contributed by atoms with Crippen LogP contribution in [0.4, 0.5) is 0 Å². The molecular formula is C30H30N4O3. The number of hydrogen-bond donors (Lipinski definition) is 3. The van der Waals surface area contributed by atoms with E-state index in [2.05, 4.69) is 20.6 Å². The molecule has 0 aliphatic heterocycles. The molecule has 188 valence electrons. The number of ether oxygens (including phenoxy) is 1. The number of benzene rings is 3. The van der Waals surface area contributed by atoms with Crippen molar-refractivity contribution in [2.45, 2.75) is 26.4 Å². The van der Waals surface area contributed by atoms with Crippen molar-refractivity contribution < 1.29 is 14.3 Å². The van der Waals surface area contributed by atoms with Crippen molar-refractivity contribution in [2.24, 2.45) is 0 Å². The molecule has 1 heterocycles. The average molecular weight is 495 g/mol. The summed E-state index contributed by atoms with van der Waals surface area (Å²) in [5.41, 5.74) is 3.62. The molecule has 3 aromatic carbocycles. The molecule has 0 saturated heterocycles. The highest BCUT2D eigenvalue weighted by molar-refractivity contribution is 6.04. The van der Waals surface area contributed by atoms with Gasteiger partial charge in [0.2, 0.25) is 5.91 Å². The van der Waals surface area contributed by atoms with Gasteiger partial charge in [-0.1, -0.05) is 54.6 Å². The number of aromatic nitrogens is 2. The summed E-state index contributed by atoms with van der Waals surface area (Å²) in [5, 5.41) is 5.60. The fraction of sp³-hybridized carbons (Fsp3) is 0.167. The summed E-state index contributed by atoms with van der Waals surface area (Å²) in [6, 6.07) is 24.6. The van der Waals surface area contributed by atoms with Gasteiger partial charge in [-0.2, -0.15) is 0 Å². The first-order chi connectivity index (χ1) is 18.0. The zero-order chi connectivity index (χ0) is 26.0. The lowest BCUT2D eigenvalue weighted by Crippen LogP contribution is -2.35. The normalized spacial score (nSPS) is 11.7. The Morgan fingerprint density at radius 3 is 2.41 bits per heavy atom. The van der Waals surface area contributed by atoms with E-state index in [-0.39, 0.29) is 17.7 Å². The lowest BCUT2D eigenvalue weighted by atomic mass is 10.1. The maximum Gasteiger partial charge on any atom is 0.267 e. The van der Waals surface area contributed by atoms with Crippen LogP contribution in [0.15, 0.2) is 90.6 Å². The molecule has 7 heteroatoms. The number of fused-ring (bicyclic) bond motifs is 1. The van der Waals surface area contributed by atoms with Gasteiger partial charge in [0.05, 0.1) is 17.1 Å². The number of rotatable bonds is 10. The molecule has 0 saturated carbocycles. The van der Waals surface area contributed by atoms with Crippen LogP contribution in [0.3, 0.4) is 0 Å². The van der Waals surface area contributed by atoms with Gasteiger partial charge in [0.15, 0.2) is 0 Å². The molecule has 0 atom stereocenters.